The summed E-state index contributed by atoms with van der Waals surface area (Å²) in [5.41, 5.74) is 0.639. The van der Waals surface area contributed by atoms with Crippen LogP contribution < -0.4 is 0 Å². The molecule has 1 atom stereocenters. The third kappa shape index (κ3) is 3.88. The lowest BCUT2D eigenvalue weighted by molar-refractivity contribution is -0.384. The molecule has 26 heavy (non-hydrogen) atoms. The molecule has 0 unspecified atom stereocenters. The number of nitrogens with zero attached hydrogens (tertiary/aromatic N) is 2. The summed E-state index contributed by atoms with van der Waals surface area (Å²) in [6.07, 6.45) is 0.838. The maximum absolute atomic E-state index is 12.8. The Bertz CT molecular complexity index is 798. The van der Waals surface area contributed by atoms with Gasteiger partial charge in [-0.05, 0) is 25.0 Å². The van der Waals surface area contributed by atoms with Crippen molar-refractivity contribution < 1.29 is 19.2 Å². The van der Waals surface area contributed by atoms with Crippen molar-refractivity contribution in [2.75, 3.05) is 13.1 Å². The molecule has 1 saturated heterocycles. The maximum Gasteiger partial charge on any atom is 0.339 e. The number of amides is 1. The molecule has 0 bridgehead atoms. The minimum atomic E-state index is -1.03. The monoisotopic (exact) mass is 354 g/mol. The van der Waals surface area contributed by atoms with Gasteiger partial charge in [0.1, 0.15) is 0 Å². The van der Waals surface area contributed by atoms with Gasteiger partial charge in [-0.2, -0.15) is 0 Å². The van der Waals surface area contributed by atoms with Crippen molar-refractivity contribution in [1.29, 1.82) is 0 Å². The lowest BCUT2D eigenvalue weighted by atomic mass is 10.1. The highest BCUT2D eigenvalue weighted by molar-refractivity contribution is 5.93. The zero-order chi connectivity index (χ0) is 18.5. The second-order valence-corrected chi connectivity index (χ2v) is 6.03. The summed E-state index contributed by atoms with van der Waals surface area (Å²) in [5, 5.41) is 10.7. The van der Waals surface area contributed by atoms with Crippen LogP contribution in [0.2, 0.25) is 0 Å². The number of ether oxygens (including phenoxy) is 1. The van der Waals surface area contributed by atoms with E-state index in [0.29, 0.717) is 18.7 Å². The Morgan fingerprint density at radius 2 is 1.62 bits per heavy atom. The number of rotatable bonds is 5. The van der Waals surface area contributed by atoms with Gasteiger partial charge in [0.25, 0.3) is 11.6 Å². The molecule has 1 aliphatic rings. The number of nitro benzene ring substituents is 1. The zero-order valence-corrected chi connectivity index (χ0v) is 14.0. The fourth-order valence-electron chi connectivity index (χ4n) is 2.89. The molecule has 134 valence electrons. The average Bonchev–Trinajstić information content (AvgIpc) is 3.21. The number of nitro groups is 1. The Kier molecular flexibility index (Phi) is 5.26. The molecule has 1 aliphatic heterocycles. The smallest absolute Gasteiger partial charge is 0.339 e. The minimum absolute atomic E-state index is 0.116. The quantitative estimate of drug-likeness (QED) is 0.467. The predicted molar refractivity (Wildman–Crippen MR) is 93.5 cm³/mol. The van der Waals surface area contributed by atoms with Crippen LogP contribution >= 0.6 is 0 Å². The van der Waals surface area contributed by atoms with Crippen LogP contribution in [-0.2, 0) is 9.53 Å². The van der Waals surface area contributed by atoms with Crippen LogP contribution in [0.25, 0.3) is 0 Å². The van der Waals surface area contributed by atoms with Crippen molar-refractivity contribution in [2.45, 2.75) is 18.9 Å². The van der Waals surface area contributed by atoms with E-state index in [-0.39, 0.29) is 17.2 Å². The number of esters is 1. The van der Waals surface area contributed by atoms with E-state index in [1.807, 2.05) is 6.07 Å². The summed E-state index contributed by atoms with van der Waals surface area (Å²) in [7, 11) is 0. The summed E-state index contributed by atoms with van der Waals surface area (Å²) in [6, 6.07) is 14.0. The van der Waals surface area contributed by atoms with Gasteiger partial charge in [-0.25, -0.2) is 4.79 Å². The second-order valence-electron chi connectivity index (χ2n) is 6.03. The van der Waals surface area contributed by atoms with Gasteiger partial charge < -0.3 is 9.64 Å². The first kappa shape index (κ1) is 17.6. The number of carbonyl (C=O) groups is 2. The Morgan fingerprint density at radius 3 is 2.19 bits per heavy atom. The number of hydrogen-bond acceptors (Lipinski definition) is 5. The molecule has 0 aromatic heterocycles. The summed E-state index contributed by atoms with van der Waals surface area (Å²) < 4.78 is 5.50. The lowest BCUT2D eigenvalue weighted by Gasteiger charge is -2.23. The number of benzene rings is 2. The van der Waals surface area contributed by atoms with Crippen LogP contribution in [0.1, 0.15) is 34.9 Å². The van der Waals surface area contributed by atoms with E-state index in [4.69, 9.17) is 4.74 Å². The van der Waals surface area contributed by atoms with Crippen molar-refractivity contribution in [3.63, 3.8) is 0 Å². The fourth-order valence-corrected chi connectivity index (χ4v) is 2.89. The normalized spacial score (nSPS) is 14.7. The summed E-state index contributed by atoms with van der Waals surface area (Å²) in [5.74, 6) is -0.940. The van der Waals surface area contributed by atoms with Crippen molar-refractivity contribution >= 4 is 17.6 Å². The molecule has 2 aromatic carbocycles. The van der Waals surface area contributed by atoms with Gasteiger partial charge in [-0.3, -0.25) is 14.9 Å². The largest absolute Gasteiger partial charge is 0.444 e. The Hall–Kier alpha value is -3.22. The van der Waals surface area contributed by atoms with Gasteiger partial charge in [0.15, 0.2) is 0 Å². The Balaban J connectivity index is 1.81. The van der Waals surface area contributed by atoms with Crippen molar-refractivity contribution in [2.24, 2.45) is 0 Å². The lowest BCUT2D eigenvalue weighted by Crippen LogP contribution is -2.34. The maximum atomic E-state index is 12.8. The SMILES string of the molecule is O=C(O[C@H](C(=O)N1CCCC1)c1ccccc1)c1ccc([N+](=O)[O-])cc1. The molecule has 0 aliphatic carbocycles. The molecule has 1 fully saturated rings. The standard InChI is InChI=1S/C19H18N2O5/c22-18(20-12-4-5-13-20)17(14-6-2-1-3-7-14)26-19(23)15-8-10-16(11-9-15)21(24)25/h1-3,6-11,17H,4-5,12-13H2/t17-/m0/s1. The third-order valence-electron chi connectivity index (χ3n) is 4.28. The highest BCUT2D eigenvalue weighted by Crippen LogP contribution is 2.24. The second kappa shape index (κ2) is 7.77. The van der Waals surface area contributed by atoms with Crippen LogP contribution in [0.15, 0.2) is 54.6 Å². The van der Waals surface area contributed by atoms with Crippen LogP contribution in [-0.4, -0.2) is 34.8 Å². The molecule has 0 radical (unpaired) electrons. The molecule has 0 saturated carbocycles. The molecule has 3 rings (SSSR count). The highest BCUT2D eigenvalue weighted by atomic mass is 16.6. The van der Waals surface area contributed by atoms with Gasteiger partial charge in [0, 0.05) is 30.8 Å². The highest BCUT2D eigenvalue weighted by Gasteiger charge is 2.31. The van der Waals surface area contributed by atoms with E-state index in [2.05, 4.69) is 0 Å². The topological polar surface area (TPSA) is 89.8 Å². The Labute approximate surface area is 150 Å². The first-order valence-corrected chi connectivity index (χ1v) is 8.35. The molecule has 2 aromatic rings. The number of hydrogen-bond donors (Lipinski definition) is 0. The van der Waals surface area contributed by atoms with Gasteiger partial charge in [-0.1, -0.05) is 30.3 Å². The first-order valence-electron chi connectivity index (χ1n) is 8.35. The molecule has 7 heteroatoms. The molecular weight excluding hydrogens is 336 g/mol. The average molecular weight is 354 g/mol. The molecular formula is C19H18N2O5. The van der Waals surface area contributed by atoms with Crippen LogP contribution in [0.5, 0.6) is 0 Å². The third-order valence-corrected chi connectivity index (χ3v) is 4.28. The number of carbonyl (C=O) groups excluding carboxylic acids is 2. The van der Waals surface area contributed by atoms with Crippen molar-refractivity contribution in [1.82, 2.24) is 4.90 Å². The predicted octanol–water partition coefficient (Wildman–Crippen LogP) is 3.12. The fraction of sp³-hybridized carbons (Fsp3) is 0.263. The number of likely N-dealkylation sites (tertiary alicyclic amines) is 1. The van der Waals surface area contributed by atoms with Gasteiger partial charge in [0.2, 0.25) is 6.10 Å². The molecule has 1 heterocycles. The van der Waals surface area contributed by atoms with Gasteiger partial charge in [-0.15, -0.1) is 0 Å². The summed E-state index contributed by atoms with van der Waals surface area (Å²) in [4.78, 5) is 37.2. The van der Waals surface area contributed by atoms with E-state index in [9.17, 15) is 19.7 Å². The van der Waals surface area contributed by atoms with Crippen LogP contribution in [0.3, 0.4) is 0 Å². The zero-order valence-electron chi connectivity index (χ0n) is 14.0. The van der Waals surface area contributed by atoms with Crippen molar-refractivity contribution in [3.05, 3.63) is 75.8 Å². The van der Waals surface area contributed by atoms with E-state index in [0.717, 1.165) is 12.8 Å². The minimum Gasteiger partial charge on any atom is -0.444 e. The molecule has 0 spiro atoms. The van der Waals surface area contributed by atoms with E-state index in [1.54, 1.807) is 29.2 Å². The van der Waals surface area contributed by atoms with Crippen molar-refractivity contribution in [3.8, 4) is 0 Å². The van der Waals surface area contributed by atoms with E-state index < -0.39 is 17.0 Å². The van der Waals surface area contributed by atoms with Crippen LogP contribution in [0, 0.1) is 10.1 Å². The number of non-ortho nitro benzene ring substituents is 1. The molecule has 7 nitrogen and oxygen atoms in total. The van der Waals surface area contributed by atoms with Gasteiger partial charge in [0.05, 0.1) is 10.5 Å². The summed E-state index contributed by atoms with van der Waals surface area (Å²) >= 11 is 0. The van der Waals surface area contributed by atoms with Gasteiger partial charge >= 0.3 is 5.97 Å². The first-order chi connectivity index (χ1) is 12.6. The van der Waals surface area contributed by atoms with Crippen LogP contribution in [0.4, 0.5) is 5.69 Å². The molecule has 1 amide bonds. The Morgan fingerprint density at radius 1 is 1.00 bits per heavy atom. The van der Waals surface area contributed by atoms with E-state index in [1.165, 1.54) is 24.3 Å². The molecule has 0 N–H and O–H groups in total. The van der Waals surface area contributed by atoms with E-state index >= 15 is 0 Å². The summed E-state index contributed by atoms with van der Waals surface area (Å²) in [6.45, 7) is 1.30.